The van der Waals surface area contributed by atoms with Crippen molar-refractivity contribution in [2.45, 2.75) is 65.3 Å². The van der Waals surface area contributed by atoms with Gasteiger partial charge in [0.05, 0.1) is 6.61 Å². The number of allylic oxidation sites excluding steroid dienone is 2. The first kappa shape index (κ1) is 18.2. The highest BCUT2D eigenvalue weighted by Gasteiger charge is 2.58. The summed E-state index contributed by atoms with van der Waals surface area (Å²) in [6.45, 7) is 7.61. The molecule has 1 amide bonds. The van der Waals surface area contributed by atoms with Gasteiger partial charge in [-0.25, -0.2) is 4.79 Å². The number of fused-ring (bicyclic) bond motifs is 5. The van der Waals surface area contributed by atoms with Crippen LogP contribution in [0, 0.1) is 35.5 Å². The van der Waals surface area contributed by atoms with Crippen molar-refractivity contribution < 1.29 is 9.53 Å². The summed E-state index contributed by atoms with van der Waals surface area (Å²) in [5.74, 6) is 2.12. The Hall–Kier alpha value is -1.84. The lowest BCUT2D eigenvalue weighted by atomic mass is 9.47. The molecule has 4 heteroatoms. The summed E-state index contributed by atoms with van der Waals surface area (Å²) in [4.78, 5) is 16.4. The fraction of sp³-hybridized carbons (Fsp3) is 0.667. The van der Waals surface area contributed by atoms with Gasteiger partial charge in [-0.3, -0.25) is 4.98 Å². The van der Waals surface area contributed by atoms with E-state index in [2.05, 4.69) is 49.4 Å². The van der Waals surface area contributed by atoms with Gasteiger partial charge in [0.15, 0.2) is 0 Å². The molecule has 1 aromatic heterocycles. The predicted molar refractivity (Wildman–Crippen MR) is 110 cm³/mol. The van der Waals surface area contributed by atoms with Gasteiger partial charge in [-0.1, -0.05) is 19.9 Å². The molecule has 6 atom stereocenters. The summed E-state index contributed by atoms with van der Waals surface area (Å²) >= 11 is 0. The van der Waals surface area contributed by atoms with Crippen LogP contribution in [0.2, 0.25) is 0 Å². The Kier molecular flexibility index (Phi) is 4.12. The van der Waals surface area contributed by atoms with Crippen LogP contribution >= 0.6 is 0 Å². The zero-order valence-corrected chi connectivity index (χ0v) is 17.3. The Balaban J connectivity index is 1.45. The maximum atomic E-state index is 12.0. The van der Waals surface area contributed by atoms with E-state index in [9.17, 15) is 4.79 Å². The van der Waals surface area contributed by atoms with E-state index in [1.54, 1.807) is 0 Å². The number of carbonyl (C=O) groups excluding carboxylic acids is 1. The summed E-state index contributed by atoms with van der Waals surface area (Å²) < 4.78 is 5.36. The zero-order chi connectivity index (χ0) is 19.5. The highest BCUT2D eigenvalue weighted by Crippen LogP contribution is 2.65. The number of amides is 1. The largest absolute Gasteiger partial charge is 0.450 e. The normalized spacial score (nSPS) is 42.2. The summed E-state index contributed by atoms with van der Waals surface area (Å²) in [6, 6.07) is 2.57. The van der Waals surface area contributed by atoms with Crippen molar-refractivity contribution in [3.8, 4) is 0 Å². The molecule has 2 saturated carbocycles. The fourth-order valence-corrected chi connectivity index (χ4v) is 7.32. The van der Waals surface area contributed by atoms with Crippen molar-refractivity contribution in [3.63, 3.8) is 0 Å². The van der Waals surface area contributed by atoms with Crippen molar-refractivity contribution in [1.82, 2.24) is 10.3 Å². The van der Waals surface area contributed by atoms with Crippen molar-refractivity contribution in [2.75, 3.05) is 6.61 Å². The first-order chi connectivity index (χ1) is 13.4. The second-order valence-corrected chi connectivity index (χ2v) is 10.1. The smallest absolute Gasteiger partial charge is 0.407 e. The van der Waals surface area contributed by atoms with E-state index in [-0.39, 0.29) is 23.0 Å². The number of ether oxygens (including phenoxy) is 1. The molecule has 28 heavy (non-hydrogen) atoms. The molecule has 1 N–H and O–H groups in total. The molecule has 5 rings (SSSR count). The van der Waals surface area contributed by atoms with E-state index >= 15 is 0 Å². The third-order valence-corrected chi connectivity index (χ3v) is 8.80. The average Bonchev–Trinajstić information content (AvgIpc) is 2.93. The van der Waals surface area contributed by atoms with Crippen LogP contribution in [0.5, 0.6) is 0 Å². The van der Waals surface area contributed by atoms with Gasteiger partial charge in [0, 0.05) is 18.4 Å². The molecule has 150 valence electrons. The maximum absolute atomic E-state index is 12.0. The van der Waals surface area contributed by atoms with Gasteiger partial charge in [-0.05, 0) is 96.8 Å². The number of rotatable bonds is 1. The molecule has 4 aliphatic rings. The van der Waals surface area contributed by atoms with E-state index < -0.39 is 0 Å². The molecule has 0 radical (unpaired) electrons. The third kappa shape index (κ3) is 2.56. The van der Waals surface area contributed by atoms with Crippen LogP contribution in [0.1, 0.15) is 63.5 Å². The quantitative estimate of drug-likeness (QED) is 0.735. The number of nitrogens with one attached hydrogen (secondary N) is 1. The first-order valence-corrected chi connectivity index (χ1v) is 11.0. The molecule has 6 unspecified atom stereocenters. The number of aryl methyl sites for hydroxylation is 1. The third-order valence-electron chi connectivity index (χ3n) is 8.80. The second-order valence-electron chi connectivity index (χ2n) is 10.1. The van der Waals surface area contributed by atoms with Crippen molar-refractivity contribution >= 4 is 11.7 Å². The van der Waals surface area contributed by atoms with Gasteiger partial charge in [0.1, 0.15) is 0 Å². The number of hydrogen-bond acceptors (Lipinski definition) is 3. The van der Waals surface area contributed by atoms with Gasteiger partial charge in [-0.15, -0.1) is 0 Å². The van der Waals surface area contributed by atoms with Crippen molar-refractivity contribution in [1.29, 1.82) is 0 Å². The minimum atomic E-state index is -0.218. The summed E-state index contributed by atoms with van der Waals surface area (Å²) in [5.41, 5.74) is 4.49. The molecule has 1 saturated heterocycles. The minimum Gasteiger partial charge on any atom is -0.450 e. The monoisotopic (exact) mass is 380 g/mol. The Morgan fingerprint density at radius 1 is 1.14 bits per heavy atom. The highest BCUT2D eigenvalue weighted by atomic mass is 16.5. The number of aromatic nitrogens is 1. The van der Waals surface area contributed by atoms with Crippen LogP contribution in [-0.4, -0.2) is 23.7 Å². The average molecular weight is 381 g/mol. The van der Waals surface area contributed by atoms with E-state index in [1.807, 2.05) is 6.20 Å². The number of cyclic esters (lactones) is 1. The summed E-state index contributed by atoms with van der Waals surface area (Å²) in [5, 5.41) is 3.18. The molecule has 0 spiro atoms. The predicted octanol–water partition coefficient (Wildman–Crippen LogP) is 5.12. The molecule has 1 aliphatic heterocycles. The SMILES string of the molecule is Cc1cncc(C2=CCC3C4CCC5NC(=O)OCCC5(C)C4CCC23C)c1. The number of pyridine rings is 1. The molecule has 4 nitrogen and oxygen atoms in total. The van der Waals surface area contributed by atoms with E-state index in [0.29, 0.717) is 18.4 Å². The number of carbonyl (C=O) groups is 1. The van der Waals surface area contributed by atoms with Crippen LogP contribution in [0.15, 0.2) is 24.5 Å². The lowest BCUT2D eigenvalue weighted by Crippen LogP contribution is -2.57. The molecule has 3 aliphatic carbocycles. The molecular weight excluding hydrogens is 348 g/mol. The maximum Gasteiger partial charge on any atom is 0.407 e. The van der Waals surface area contributed by atoms with E-state index in [4.69, 9.17) is 4.74 Å². The molecule has 1 aromatic rings. The first-order valence-electron chi connectivity index (χ1n) is 11.0. The Bertz CT molecular complexity index is 834. The second kappa shape index (κ2) is 6.33. The lowest BCUT2D eigenvalue weighted by Gasteiger charge is -2.58. The Morgan fingerprint density at radius 3 is 2.82 bits per heavy atom. The minimum absolute atomic E-state index is 0.157. The van der Waals surface area contributed by atoms with Crippen LogP contribution in [0.3, 0.4) is 0 Å². The molecular formula is C24H32N2O2. The topological polar surface area (TPSA) is 51.2 Å². The van der Waals surface area contributed by atoms with Gasteiger partial charge in [0.25, 0.3) is 0 Å². The number of hydrogen-bond donors (Lipinski definition) is 1. The van der Waals surface area contributed by atoms with Crippen LogP contribution < -0.4 is 5.32 Å². The molecule has 0 bridgehead atoms. The van der Waals surface area contributed by atoms with Crippen LogP contribution in [-0.2, 0) is 4.74 Å². The highest BCUT2D eigenvalue weighted by molar-refractivity contribution is 5.73. The standard InChI is InChI=1S/C24H32N2O2/c1-15-12-16(14-25-13-15)18-5-6-19-17-4-7-21-24(3,10-11-28-22(27)26-21)20(17)8-9-23(18,19)2/h5,12-14,17,19-21H,4,6-11H2,1-3H3,(H,26,27). The Morgan fingerprint density at radius 2 is 2.00 bits per heavy atom. The fourth-order valence-electron chi connectivity index (χ4n) is 7.32. The number of alkyl carbamates (subject to hydrolysis) is 1. The van der Waals surface area contributed by atoms with E-state index in [0.717, 1.165) is 18.8 Å². The van der Waals surface area contributed by atoms with Gasteiger partial charge >= 0.3 is 6.09 Å². The van der Waals surface area contributed by atoms with E-state index in [1.165, 1.54) is 42.4 Å². The molecule has 0 aromatic carbocycles. The van der Waals surface area contributed by atoms with Crippen molar-refractivity contribution in [2.24, 2.45) is 28.6 Å². The summed E-state index contributed by atoms with van der Waals surface area (Å²) in [6.07, 6.45) is 13.2. The van der Waals surface area contributed by atoms with Gasteiger partial charge in [-0.2, -0.15) is 0 Å². The molecule has 3 fully saturated rings. The molecule has 2 heterocycles. The van der Waals surface area contributed by atoms with Crippen LogP contribution in [0.4, 0.5) is 4.79 Å². The lowest BCUT2D eigenvalue weighted by molar-refractivity contribution is -0.0620. The summed E-state index contributed by atoms with van der Waals surface area (Å²) in [7, 11) is 0. The van der Waals surface area contributed by atoms with Gasteiger partial charge < -0.3 is 10.1 Å². The van der Waals surface area contributed by atoms with Crippen molar-refractivity contribution in [3.05, 3.63) is 35.7 Å². The zero-order valence-electron chi connectivity index (χ0n) is 17.3. The van der Waals surface area contributed by atoms with Gasteiger partial charge in [0.2, 0.25) is 0 Å². The number of nitrogens with zero attached hydrogens (tertiary/aromatic N) is 1. The Labute approximate surface area is 168 Å². The van der Waals surface area contributed by atoms with Crippen LogP contribution in [0.25, 0.3) is 5.57 Å².